The van der Waals surface area contributed by atoms with Gasteiger partial charge in [-0.2, -0.15) is 0 Å². The fourth-order valence-electron chi connectivity index (χ4n) is 3.49. The summed E-state index contributed by atoms with van der Waals surface area (Å²) >= 11 is 0. The highest BCUT2D eigenvalue weighted by Gasteiger charge is 2.27. The van der Waals surface area contributed by atoms with Crippen LogP contribution < -0.4 is 20.4 Å². The Hall–Kier alpha value is -2.57. The van der Waals surface area contributed by atoms with Gasteiger partial charge in [0.1, 0.15) is 19.1 Å². The predicted octanol–water partition coefficient (Wildman–Crippen LogP) is 1.84. The quantitative estimate of drug-likeness (QED) is 0.713. The first-order chi connectivity index (χ1) is 13.5. The molecule has 150 valence electrons. The summed E-state index contributed by atoms with van der Waals surface area (Å²) in [7, 11) is 4.08. The number of anilines is 2. The Bertz CT molecular complexity index is 753. The molecule has 28 heavy (non-hydrogen) atoms. The van der Waals surface area contributed by atoms with E-state index in [0.29, 0.717) is 6.54 Å². The van der Waals surface area contributed by atoms with Gasteiger partial charge in [-0.3, -0.25) is 0 Å². The number of carbonyl (C=O) groups is 1. The van der Waals surface area contributed by atoms with E-state index in [1.165, 1.54) is 21.7 Å². The third kappa shape index (κ3) is 5.47. The second-order valence-corrected chi connectivity index (χ2v) is 7.51. The van der Waals surface area contributed by atoms with Crippen molar-refractivity contribution in [2.75, 3.05) is 57.2 Å². The van der Waals surface area contributed by atoms with E-state index < -0.39 is 0 Å². The van der Waals surface area contributed by atoms with Crippen LogP contribution >= 0.6 is 0 Å². The number of hydrogen-bond acceptors (Lipinski definition) is 3. The van der Waals surface area contributed by atoms with E-state index in [4.69, 9.17) is 4.74 Å². The monoisotopic (exact) mass is 383 g/mol. The molecule has 3 rings (SSSR count). The molecule has 0 bridgehead atoms. The topological polar surface area (TPSA) is 58.0 Å². The number of morpholine rings is 1. The van der Waals surface area contributed by atoms with Gasteiger partial charge in [0.25, 0.3) is 0 Å². The van der Waals surface area contributed by atoms with Crippen molar-refractivity contribution in [3.05, 3.63) is 59.7 Å². The second kappa shape index (κ2) is 9.57. The van der Waals surface area contributed by atoms with E-state index >= 15 is 0 Å². The van der Waals surface area contributed by atoms with Gasteiger partial charge in [0.05, 0.1) is 19.8 Å². The number of rotatable bonds is 6. The van der Waals surface area contributed by atoms with Gasteiger partial charge in [0.15, 0.2) is 0 Å². The number of aryl methyl sites for hydroxylation is 1. The van der Waals surface area contributed by atoms with Crippen LogP contribution in [0, 0.1) is 6.92 Å². The number of nitrogens with zero attached hydrogens (tertiary/aromatic N) is 1. The lowest BCUT2D eigenvalue weighted by molar-refractivity contribution is -0.937. The van der Waals surface area contributed by atoms with Gasteiger partial charge in [-0.1, -0.05) is 29.8 Å². The maximum absolute atomic E-state index is 12.4. The first-order valence-electron chi connectivity index (χ1n) is 9.84. The molecule has 1 saturated heterocycles. The van der Waals surface area contributed by atoms with Crippen molar-refractivity contribution in [3.8, 4) is 0 Å². The molecule has 0 aromatic heterocycles. The Morgan fingerprint density at radius 2 is 1.71 bits per heavy atom. The SMILES string of the molecule is Cc1ccc(NC(=O)NC[C@H](c2ccc(N(C)C)cc2)[NH+]2CCOCC2)cc1. The maximum atomic E-state index is 12.4. The molecular weight excluding hydrogens is 352 g/mol. The molecule has 0 unspecified atom stereocenters. The summed E-state index contributed by atoms with van der Waals surface area (Å²) in [4.78, 5) is 15.9. The van der Waals surface area contributed by atoms with Crippen LogP contribution in [0.3, 0.4) is 0 Å². The van der Waals surface area contributed by atoms with Gasteiger partial charge in [-0.25, -0.2) is 4.79 Å². The summed E-state index contributed by atoms with van der Waals surface area (Å²) in [6, 6.07) is 16.4. The highest BCUT2D eigenvalue weighted by molar-refractivity contribution is 5.89. The van der Waals surface area contributed by atoms with E-state index in [1.54, 1.807) is 0 Å². The van der Waals surface area contributed by atoms with Crippen molar-refractivity contribution in [2.24, 2.45) is 0 Å². The number of amides is 2. The van der Waals surface area contributed by atoms with Crippen LogP contribution in [0.2, 0.25) is 0 Å². The van der Waals surface area contributed by atoms with Crippen LogP contribution in [-0.4, -0.2) is 53.0 Å². The van der Waals surface area contributed by atoms with E-state index in [2.05, 4.69) is 39.8 Å². The van der Waals surface area contributed by atoms with Crippen LogP contribution in [0.1, 0.15) is 17.2 Å². The van der Waals surface area contributed by atoms with Crippen LogP contribution in [-0.2, 0) is 4.74 Å². The zero-order valence-electron chi connectivity index (χ0n) is 17.0. The van der Waals surface area contributed by atoms with Crippen LogP contribution in [0.25, 0.3) is 0 Å². The molecule has 1 atom stereocenters. The lowest BCUT2D eigenvalue weighted by Crippen LogP contribution is -3.15. The third-order valence-corrected chi connectivity index (χ3v) is 5.22. The molecule has 1 heterocycles. The molecular formula is C22H31N4O2+. The number of nitrogens with one attached hydrogen (secondary N) is 3. The molecule has 2 aromatic rings. The van der Waals surface area contributed by atoms with Crippen molar-refractivity contribution < 1.29 is 14.4 Å². The van der Waals surface area contributed by atoms with Crippen molar-refractivity contribution in [3.63, 3.8) is 0 Å². The summed E-state index contributed by atoms with van der Waals surface area (Å²) in [5.74, 6) is 0. The summed E-state index contributed by atoms with van der Waals surface area (Å²) < 4.78 is 5.52. The van der Waals surface area contributed by atoms with E-state index in [0.717, 1.165) is 32.0 Å². The van der Waals surface area contributed by atoms with Crippen molar-refractivity contribution in [2.45, 2.75) is 13.0 Å². The first kappa shape index (κ1) is 20.2. The molecule has 0 aliphatic carbocycles. The van der Waals surface area contributed by atoms with Crippen molar-refractivity contribution in [1.82, 2.24) is 5.32 Å². The minimum atomic E-state index is -0.175. The molecule has 0 saturated carbocycles. The number of ether oxygens (including phenoxy) is 1. The van der Waals surface area contributed by atoms with E-state index in [1.807, 2.05) is 45.3 Å². The van der Waals surface area contributed by atoms with Crippen LogP contribution in [0.5, 0.6) is 0 Å². The summed E-state index contributed by atoms with van der Waals surface area (Å²) in [5, 5.41) is 5.97. The largest absolute Gasteiger partial charge is 0.378 e. The molecule has 1 fully saturated rings. The molecule has 1 aliphatic rings. The lowest BCUT2D eigenvalue weighted by Gasteiger charge is -2.32. The van der Waals surface area contributed by atoms with E-state index in [9.17, 15) is 4.79 Å². The second-order valence-electron chi connectivity index (χ2n) is 7.51. The molecule has 6 heteroatoms. The fraction of sp³-hybridized carbons (Fsp3) is 0.409. The Balaban J connectivity index is 1.66. The normalized spacial score (nSPS) is 15.7. The molecule has 0 radical (unpaired) electrons. The highest BCUT2D eigenvalue weighted by atomic mass is 16.5. The summed E-state index contributed by atoms with van der Waals surface area (Å²) in [6.45, 7) is 6.02. The van der Waals surface area contributed by atoms with Gasteiger partial charge in [-0.15, -0.1) is 0 Å². The van der Waals surface area contributed by atoms with Gasteiger partial charge in [-0.05, 0) is 31.2 Å². The van der Waals surface area contributed by atoms with Gasteiger partial charge >= 0.3 is 6.03 Å². The average Bonchev–Trinajstić information content (AvgIpc) is 2.71. The maximum Gasteiger partial charge on any atom is 0.319 e. The number of urea groups is 1. The zero-order chi connectivity index (χ0) is 19.9. The lowest BCUT2D eigenvalue weighted by atomic mass is 10.0. The molecule has 0 spiro atoms. The van der Waals surface area contributed by atoms with Crippen LogP contribution in [0.15, 0.2) is 48.5 Å². The fourth-order valence-corrected chi connectivity index (χ4v) is 3.49. The Morgan fingerprint density at radius 1 is 1.07 bits per heavy atom. The van der Waals surface area contributed by atoms with Crippen LogP contribution in [0.4, 0.5) is 16.2 Å². The third-order valence-electron chi connectivity index (χ3n) is 5.22. The Kier molecular flexibility index (Phi) is 6.90. The number of benzene rings is 2. The molecule has 2 aromatic carbocycles. The highest BCUT2D eigenvalue weighted by Crippen LogP contribution is 2.16. The molecule has 3 N–H and O–H groups in total. The Labute approximate surface area is 167 Å². The number of quaternary nitrogens is 1. The minimum Gasteiger partial charge on any atom is -0.378 e. The standard InChI is InChI=1S/C22H30N4O2/c1-17-4-8-19(9-5-17)24-22(27)23-16-21(26-12-14-28-15-13-26)18-6-10-20(11-7-18)25(2)3/h4-11,21H,12-16H2,1-3H3,(H2,23,24,27)/p+1/t21-/m1/s1. The number of carbonyl (C=O) groups excluding carboxylic acids is 1. The molecule has 6 nitrogen and oxygen atoms in total. The predicted molar refractivity (Wildman–Crippen MR) is 113 cm³/mol. The smallest absolute Gasteiger partial charge is 0.319 e. The molecule has 2 amide bonds. The van der Waals surface area contributed by atoms with E-state index in [-0.39, 0.29) is 12.1 Å². The molecule has 1 aliphatic heterocycles. The van der Waals surface area contributed by atoms with Crippen molar-refractivity contribution >= 4 is 17.4 Å². The van der Waals surface area contributed by atoms with Gasteiger partial charge < -0.3 is 25.2 Å². The zero-order valence-corrected chi connectivity index (χ0v) is 17.0. The average molecular weight is 384 g/mol. The summed E-state index contributed by atoms with van der Waals surface area (Å²) in [5.41, 5.74) is 4.37. The van der Waals surface area contributed by atoms with Gasteiger partial charge in [0.2, 0.25) is 0 Å². The number of hydrogen-bond donors (Lipinski definition) is 3. The van der Waals surface area contributed by atoms with Crippen molar-refractivity contribution in [1.29, 1.82) is 0 Å². The first-order valence-corrected chi connectivity index (χ1v) is 9.84. The Morgan fingerprint density at radius 3 is 2.32 bits per heavy atom. The summed E-state index contributed by atoms with van der Waals surface area (Å²) in [6.07, 6.45) is 0. The van der Waals surface area contributed by atoms with Gasteiger partial charge in [0, 0.05) is 31.0 Å². The minimum absolute atomic E-state index is 0.175.